The van der Waals surface area contributed by atoms with Crippen molar-refractivity contribution in [1.29, 1.82) is 0 Å². The van der Waals surface area contributed by atoms with E-state index in [0.29, 0.717) is 41.3 Å². The number of nitrogens with one attached hydrogen (secondary N) is 3. The van der Waals surface area contributed by atoms with Crippen LogP contribution < -0.4 is 16.0 Å². The molecule has 3 N–H and O–H groups in total. The Hall–Kier alpha value is -4.13. The summed E-state index contributed by atoms with van der Waals surface area (Å²) in [5, 5.41) is 8.27. The van der Waals surface area contributed by atoms with Crippen molar-refractivity contribution in [3.63, 3.8) is 0 Å². The SMILES string of the molecule is CCN(CC)C(=O)c1cccc(NC(=O)c2ccc(NC(=O)Nc3ccccc3)cc2)c1. The first kappa shape index (κ1) is 22.6. The lowest BCUT2D eigenvalue weighted by Gasteiger charge is -2.19. The van der Waals surface area contributed by atoms with Crippen molar-refractivity contribution in [3.8, 4) is 0 Å². The summed E-state index contributed by atoms with van der Waals surface area (Å²) >= 11 is 0. The summed E-state index contributed by atoms with van der Waals surface area (Å²) in [4.78, 5) is 38.9. The highest BCUT2D eigenvalue weighted by Gasteiger charge is 2.14. The maximum atomic E-state index is 12.6. The van der Waals surface area contributed by atoms with E-state index in [1.54, 1.807) is 65.6 Å². The van der Waals surface area contributed by atoms with Crippen LogP contribution >= 0.6 is 0 Å². The summed E-state index contributed by atoms with van der Waals surface area (Å²) < 4.78 is 0. The Morgan fingerprint density at radius 3 is 1.88 bits per heavy atom. The van der Waals surface area contributed by atoms with Gasteiger partial charge in [0.25, 0.3) is 11.8 Å². The second-order valence-electron chi connectivity index (χ2n) is 7.03. The predicted molar refractivity (Wildman–Crippen MR) is 127 cm³/mol. The fourth-order valence-corrected chi connectivity index (χ4v) is 3.15. The zero-order valence-corrected chi connectivity index (χ0v) is 18.1. The van der Waals surface area contributed by atoms with Crippen LogP contribution in [0.4, 0.5) is 21.9 Å². The first-order chi connectivity index (χ1) is 15.5. The van der Waals surface area contributed by atoms with Gasteiger partial charge in [0.15, 0.2) is 0 Å². The molecule has 0 saturated heterocycles. The van der Waals surface area contributed by atoms with Crippen molar-refractivity contribution >= 4 is 34.9 Å². The van der Waals surface area contributed by atoms with Crippen LogP contribution in [0.2, 0.25) is 0 Å². The van der Waals surface area contributed by atoms with Gasteiger partial charge in [0.2, 0.25) is 0 Å². The second-order valence-corrected chi connectivity index (χ2v) is 7.03. The molecule has 0 aliphatic rings. The van der Waals surface area contributed by atoms with E-state index in [1.165, 1.54) is 0 Å². The van der Waals surface area contributed by atoms with Crippen molar-refractivity contribution in [2.45, 2.75) is 13.8 Å². The van der Waals surface area contributed by atoms with Gasteiger partial charge in [-0.25, -0.2) is 4.79 Å². The lowest BCUT2D eigenvalue weighted by molar-refractivity contribution is 0.0772. The largest absolute Gasteiger partial charge is 0.339 e. The summed E-state index contributed by atoms with van der Waals surface area (Å²) in [6.45, 7) is 5.10. The van der Waals surface area contributed by atoms with E-state index in [-0.39, 0.29) is 17.8 Å². The standard InChI is InChI=1S/C25H26N4O3/c1-3-29(4-2)24(31)19-9-8-12-22(17-19)26-23(30)18-13-15-21(16-14-18)28-25(32)27-20-10-6-5-7-11-20/h5-17H,3-4H2,1-2H3,(H,26,30)(H2,27,28,32). The molecule has 0 saturated carbocycles. The Bertz CT molecular complexity index is 1080. The molecule has 0 aliphatic carbocycles. The Morgan fingerprint density at radius 2 is 1.25 bits per heavy atom. The lowest BCUT2D eigenvalue weighted by atomic mass is 10.1. The third-order valence-electron chi connectivity index (χ3n) is 4.85. The number of hydrogen-bond donors (Lipinski definition) is 3. The van der Waals surface area contributed by atoms with E-state index in [2.05, 4.69) is 16.0 Å². The molecule has 3 rings (SSSR count). The van der Waals surface area contributed by atoms with Gasteiger partial charge in [-0.1, -0.05) is 24.3 Å². The van der Waals surface area contributed by atoms with Crippen LogP contribution in [0.3, 0.4) is 0 Å². The topological polar surface area (TPSA) is 90.5 Å². The van der Waals surface area contributed by atoms with Crippen LogP contribution in [0.15, 0.2) is 78.9 Å². The molecule has 0 heterocycles. The highest BCUT2D eigenvalue weighted by atomic mass is 16.2. The van der Waals surface area contributed by atoms with Gasteiger partial charge in [-0.2, -0.15) is 0 Å². The molecule has 0 radical (unpaired) electrons. The highest BCUT2D eigenvalue weighted by molar-refractivity contribution is 6.06. The van der Waals surface area contributed by atoms with Gasteiger partial charge in [-0.3, -0.25) is 9.59 Å². The Labute approximate surface area is 187 Å². The monoisotopic (exact) mass is 430 g/mol. The minimum Gasteiger partial charge on any atom is -0.339 e. The summed E-state index contributed by atoms with van der Waals surface area (Å²) in [6, 6.07) is 22.2. The van der Waals surface area contributed by atoms with Crippen molar-refractivity contribution in [2.75, 3.05) is 29.0 Å². The van der Waals surface area contributed by atoms with Crippen molar-refractivity contribution in [2.24, 2.45) is 0 Å². The van der Waals surface area contributed by atoms with Gasteiger partial charge in [-0.15, -0.1) is 0 Å². The first-order valence-corrected chi connectivity index (χ1v) is 10.4. The minimum atomic E-state index is -0.372. The van der Waals surface area contributed by atoms with E-state index in [9.17, 15) is 14.4 Å². The Balaban J connectivity index is 1.61. The normalized spacial score (nSPS) is 10.2. The number of urea groups is 1. The fraction of sp³-hybridized carbons (Fsp3) is 0.160. The number of carbonyl (C=O) groups excluding carboxylic acids is 3. The average Bonchev–Trinajstić information content (AvgIpc) is 2.81. The number of rotatable bonds is 7. The third kappa shape index (κ3) is 5.95. The molecule has 3 aromatic carbocycles. The Morgan fingerprint density at radius 1 is 0.656 bits per heavy atom. The maximum Gasteiger partial charge on any atom is 0.323 e. The van der Waals surface area contributed by atoms with Gasteiger partial charge in [0.05, 0.1) is 0 Å². The smallest absolute Gasteiger partial charge is 0.323 e. The quantitative estimate of drug-likeness (QED) is 0.489. The van der Waals surface area contributed by atoms with Crippen LogP contribution in [0.25, 0.3) is 0 Å². The number of para-hydroxylation sites is 1. The maximum absolute atomic E-state index is 12.6. The molecular weight excluding hydrogens is 404 g/mol. The summed E-state index contributed by atoms with van der Waals surface area (Å²) in [7, 11) is 0. The molecule has 0 aliphatic heterocycles. The van der Waals surface area contributed by atoms with Gasteiger partial charge in [-0.05, 0) is 68.4 Å². The average molecular weight is 431 g/mol. The van der Waals surface area contributed by atoms with Crippen LogP contribution in [0, 0.1) is 0 Å². The number of amides is 4. The van der Waals surface area contributed by atoms with E-state index in [1.807, 2.05) is 32.0 Å². The van der Waals surface area contributed by atoms with Gasteiger partial charge in [0.1, 0.15) is 0 Å². The minimum absolute atomic E-state index is 0.0738. The van der Waals surface area contributed by atoms with Crippen molar-refractivity contribution in [1.82, 2.24) is 4.90 Å². The van der Waals surface area contributed by atoms with Crippen LogP contribution in [-0.2, 0) is 0 Å². The number of anilines is 3. The zero-order valence-electron chi connectivity index (χ0n) is 18.1. The van der Waals surface area contributed by atoms with Crippen LogP contribution in [-0.4, -0.2) is 35.8 Å². The molecule has 0 fully saturated rings. The number of carbonyl (C=O) groups is 3. The van der Waals surface area contributed by atoms with E-state index in [0.717, 1.165) is 0 Å². The molecule has 0 bridgehead atoms. The summed E-state index contributed by atoms with van der Waals surface area (Å²) in [5.41, 5.74) is 2.73. The van der Waals surface area contributed by atoms with E-state index >= 15 is 0 Å². The first-order valence-electron chi connectivity index (χ1n) is 10.4. The van der Waals surface area contributed by atoms with E-state index < -0.39 is 0 Å². The Kier molecular flexibility index (Phi) is 7.59. The molecule has 32 heavy (non-hydrogen) atoms. The molecule has 3 aromatic rings. The number of hydrogen-bond acceptors (Lipinski definition) is 3. The molecule has 7 nitrogen and oxygen atoms in total. The number of benzene rings is 3. The zero-order chi connectivity index (χ0) is 22.9. The molecule has 4 amide bonds. The number of nitrogens with zero attached hydrogens (tertiary/aromatic N) is 1. The molecular formula is C25H26N4O3. The van der Waals surface area contributed by atoms with Crippen molar-refractivity contribution < 1.29 is 14.4 Å². The molecule has 164 valence electrons. The summed E-state index contributed by atoms with van der Waals surface area (Å²) in [5.74, 6) is -0.381. The van der Waals surface area contributed by atoms with Crippen LogP contribution in [0.1, 0.15) is 34.6 Å². The molecule has 0 spiro atoms. The predicted octanol–water partition coefficient (Wildman–Crippen LogP) is 5.06. The molecule has 0 aromatic heterocycles. The highest BCUT2D eigenvalue weighted by Crippen LogP contribution is 2.16. The van der Waals surface area contributed by atoms with Crippen LogP contribution in [0.5, 0.6) is 0 Å². The molecule has 0 atom stereocenters. The van der Waals surface area contributed by atoms with E-state index in [4.69, 9.17) is 0 Å². The van der Waals surface area contributed by atoms with Gasteiger partial charge in [0, 0.05) is 41.3 Å². The lowest BCUT2D eigenvalue weighted by Crippen LogP contribution is -2.30. The van der Waals surface area contributed by atoms with Crippen molar-refractivity contribution in [3.05, 3.63) is 90.0 Å². The fourth-order valence-electron chi connectivity index (χ4n) is 3.15. The van der Waals surface area contributed by atoms with Gasteiger partial charge >= 0.3 is 6.03 Å². The molecule has 7 heteroatoms. The third-order valence-corrected chi connectivity index (χ3v) is 4.85. The summed E-state index contributed by atoms with van der Waals surface area (Å²) in [6.07, 6.45) is 0. The second kappa shape index (κ2) is 10.8. The van der Waals surface area contributed by atoms with Gasteiger partial charge < -0.3 is 20.9 Å². The molecule has 0 unspecified atom stereocenters.